The van der Waals surface area contributed by atoms with Crippen LogP contribution in [0.5, 0.6) is 0 Å². The van der Waals surface area contributed by atoms with Crippen LogP contribution in [0.15, 0.2) is 59.3 Å². The number of aromatic nitrogens is 4. The van der Waals surface area contributed by atoms with E-state index in [9.17, 15) is 40.3 Å². The van der Waals surface area contributed by atoms with Gasteiger partial charge in [0.1, 0.15) is 12.4 Å². The lowest BCUT2D eigenvalue weighted by Crippen LogP contribution is -2.40. The van der Waals surface area contributed by atoms with Crippen molar-refractivity contribution in [3.8, 4) is 11.7 Å². The molecule has 0 bridgehead atoms. The molecule has 0 aliphatic carbocycles. The van der Waals surface area contributed by atoms with Crippen molar-refractivity contribution in [1.29, 1.82) is 0 Å². The number of ether oxygens (including phenoxy) is 1. The molecule has 1 saturated heterocycles. The SMILES string of the molecule is O=C(c1cnc(-c2nnc(CN(C(=O)Cc3ccc(C(F)(F)F)cc3C(F)(F)F)c3ccc(F)cc3)o2)nc1)N1CCOCC1. The molecule has 0 radical (unpaired) electrons. The summed E-state index contributed by atoms with van der Waals surface area (Å²) in [6, 6.07) is 5.33. The van der Waals surface area contributed by atoms with Gasteiger partial charge in [-0.3, -0.25) is 9.59 Å². The smallest absolute Gasteiger partial charge is 0.416 e. The van der Waals surface area contributed by atoms with E-state index in [-0.39, 0.29) is 40.8 Å². The molecule has 2 aromatic heterocycles. The van der Waals surface area contributed by atoms with Gasteiger partial charge in [-0.25, -0.2) is 14.4 Å². The van der Waals surface area contributed by atoms with E-state index >= 15 is 0 Å². The molecule has 1 aliphatic heterocycles. The molecular weight excluding hydrogens is 617 g/mol. The zero-order valence-electron chi connectivity index (χ0n) is 22.9. The van der Waals surface area contributed by atoms with Crippen molar-refractivity contribution in [3.05, 3.63) is 88.8 Å². The molecule has 4 aromatic rings. The number of alkyl halides is 6. The number of carbonyl (C=O) groups excluding carboxylic acids is 2. The van der Waals surface area contributed by atoms with Crippen molar-refractivity contribution in [2.45, 2.75) is 25.3 Å². The predicted molar refractivity (Wildman–Crippen MR) is 140 cm³/mol. The number of rotatable bonds is 7. The molecule has 2 aromatic carbocycles. The number of benzene rings is 2. The third-order valence-electron chi connectivity index (χ3n) is 6.67. The van der Waals surface area contributed by atoms with Crippen LogP contribution in [-0.4, -0.2) is 63.2 Å². The highest BCUT2D eigenvalue weighted by molar-refractivity contribution is 5.95. The largest absolute Gasteiger partial charge is 0.416 e. The highest BCUT2D eigenvalue weighted by Gasteiger charge is 2.38. The lowest BCUT2D eigenvalue weighted by Gasteiger charge is -2.26. The first-order chi connectivity index (χ1) is 21.3. The molecule has 1 fully saturated rings. The summed E-state index contributed by atoms with van der Waals surface area (Å²) < 4.78 is 105. The summed E-state index contributed by atoms with van der Waals surface area (Å²) in [6.07, 6.45) is -8.67. The van der Waals surface area contributed by atoms with E-state index in [0.29, 0.717) is 38.4 Å². The number of amides is 2. The lowest BCUT2D eigenvalue weighted by molar-refractivity contribution is -0.143. The zero-order valence-corrected chi connectivity index (χ0v) is 22.9. The summed E-state index contributed by atoms with van der Waals surface area (Å²) in [4.78, 5) is 36.6. The standard InChI is InChI=1S/C28H21F7N6O4/c29-19-3-5-20(6-4-19)41(23(42)11-16-1-2-18(27(30,31)32)12-21(16)28(33,34)35)15-22-38-39-25(45-22)24-36-13-17(14-37-24)26(43)40-7-9-44-10-8-40/h1-6,12-14H,7-11,15H2. The van der Waals surface area contributed by atoms with Crippen molar-refractivity contribution < 1.29 is 49.5 Å². The third kappa shape index (κ3) is 7.42. The van der Waals surface area contributed by atoms with E-state index in [2.05, 4.69) is 20.2 Å². The Kier molecular flexibility index (Phi) is 8.81. The number of hydrogen-bond acceptors (Lipinski definition) is 8. The molecule has 17 heteroatoms. The van der Waals surface area contributed by atoms with Crippen LogP contribution < -0.4 is 4.90 Å². The highest BCUT2D eigenvalue weighted by Crippen LogP contribution is 2.38. The average molecular weight is 638 g/mol. The molecule has 0 N–H and O–H groups in total. The van der Waals surface area contributed by atoms with Crippen LogP contribution in [0.4, 0.5) is 36.4 Å². The van der Waals surface area contributed by atoms with Gasteiger partial charge in [-0.2, -0.15) is 26.3 Å². The van der Waals surface area contributed by atoms with Crippen LogP contribution in [0.3, 0.4) is 0 Å². The van der Waals surface area contributed by atoms with Gasteiger partial charge in [0, 0.05) is 31.2 Å². The summed E-state index contributed by atoms with van der Waals surface area (Å²) in [5.74, 6) is -2.44. The van der Waals surface area contributed by atoms with Gasteiger partial charge in [-0.1, -0.05) is 6.07 Å². The van der Waals surface area contributed by atoms with Crippen LogP contribution in [0.25, 0.3) is 11.7 Å². The minimum atomic E-state index is -5.19. The van der Waals surface area contributed by atoms with E-state index in [1.54, 1.807) is 4.90 Å². The fraction of sp³-hybridized carbons (Fsp3) is 0.286. The summed E-state index contributed by atoms with van der Waals surface area (Å²) in [7, 11) is 0. The predicted octanol–water partition coefficient (Wildman–Crippen LogP) is 4.95. The van der Waals surface area contributed by atoms with E-state index in [0.717, 1.165) is 17.0 Å². The number of morpholine rings is 1. The Morgan fingerprint density at radius 3 is 2.18 bits per heavy atom. The van der Waals surface area contributed by atoms with Gasteiger partial charge in [-0.15, -0.1) is 10.2 Å². The fourth-order valence-corrected chi connectivity index (χ4v) is 4.41. The van der Waals surface area contributed by atoms with Gasteiger partial charge in [-0.05, 0) is 42.0 Å². The molecule has 3 heterocycles. The van der Waals surface area contributed by atoms with E-state index < -0.39 is 53.7 Å². The maximum atomic E-state index is 13.7. The summed E-state index contributed by atoms with van der Waals surface area (Å²) in [5, 5.41) is 7.66. The van der Waals surface area contributed by atoms with Crippen molar-refractivity contribution >= 4 is 17.5 Å². The topological polar surface area (TPSA) is 115 Å². The van der Waals surface area contributed by atoms with Crippen molar-refractivity contribution in [1.82, 2.24) is 25.1 Å². The molecule has 0 saturated carbocycles. The van der Waals surface area contributed by atoms with Crippen LogP contribution >= 0.6 is 0 Å². The summed E-state index contributed by atoms with van der Waals surface area (Å²) in [5.41, 5.74) is -3.63. The second-order valence-corrected chi connectivity index (χ2v) is 9.70. The summed E-state index contributed by atoms with van der Waals surface area (Å²) in [6.45, 7) is 1.12. The molecule has 10 nitrogen and oxygen atoms in total. The maximum Gasteiger partial charge on any atom is 0.416 e. The Bertz CT molecular complexity index is 1670. The lowest BCUT2D eigenvalue weighted by atomic mass is 10.00. The minimum Gasteiger partial charge on any atom is -0.416 e. The number of nitrogens with zero attached hydrogens (tertiary/aromatic N) is 6. The van der Waals surface area contributed by atoms with Crippen LogP contribution in [-0.2, 0) is 34.8 Å². The molecule has 0 atom stereocenters. The van der Waals surface area contributed by atoms with Crippen LogP contribution in [0.1, 0.15) is 32.9 Å². The Morgan fingerprint density at radius 2 is 1.56 bits per heavy atom. The molecule has 5 rings (SSSR count). The molecule has 0 spiro atoms. The van der Waals surface area contributed by atoms with Crippen molar-refractivity contribution in [3.63, 3.8) is 0 Å². The second-order valence-electron chi connectivity index (χ2n) is 9.70. The van der Waals surface area contributed by atoms with Crippen molar-refractivity contribution in [2.24, 2.45) is 0 Å². The summed E-state index contributed by atoms with van der Waals surface area (Å²) >= 11 is 0. The van der Waals surface area contributed by atoms with E-state index in [1.165, 1.54) is 24.5 Å². The van der Waals surface area contributed by atoms with Gasteiger partial charge < -0.3 is 19.0 Å². The number of anilines is 1. The van der Waals surface area contributed by atoms with Gasteiger partial charge in [0.15, 0.2) is 0 Å². The Morgan fingerprint density at radius 1 is 0.889 bits per heavy atom. The molecule has 236 valence electrons. The third-order valence-corrected chi connectivity index (χ3v) is 6.67. The van der Waals surface area contributed by atoms with E-state index in [4.69, 9.17) is 9.15 Å². The van der Waals surface area contributed by atoms with Gasteiger partial charge in [0.2, 0.25) is 17.6 Å². The maximum absolute atomic E-state index is 13.7. The van der Waals surface area contributed by atoms with Gasteiger partial charge >= 0.3 is 12.4 Å². The molecular formula is C28H21F7N6O4. The molecule has 45 heavy (non-hydrogen) atoms. The molecule has 1 aliphatic rings. The molecule has 0 unspecified atom stereocenters. The van der Waals surface area contributed by atoms with Crippen LogP contribution in [0.2, 0.25) is 0 Å². The van der Waals surface area contributed by atoms with Crippen molar-refractivity contribution in [2.75, 3.05) is 31.2 Å². The second kappa shape index (κ2) is 12.6. The highest BCUT2D eigenvalue weighted by atomic mass is 19.4. The first-order valence-corrected chi connectivity index (χ1v) is 13.1. The van der Waals surface area contributed by atoms with Gasteiger partial charge in [0.25, 0.3) is 11.8 Å². The zero-order chi connectivity index (χ0) is 32.4. The Balaban J connectivity index is 1.38. The average Bonchev–Trinajstić information content (AvgIpc) is 3.48. The Labute approximate surface area is 249 Å². The first kappa shape index (κ1) is 31.5. The quantitative estimate of drug-likeness (QED) is 0.261. The molecule has 2 amide bonds. The fourth-order valence-electron chi connectivity index (χ4n) is 4.41. The van der Waals surface area contributed by atoms with E-state index in [1.807, 2.05) is 0 Å². The Hall–Kier alpha value is -4.93. The first-order valence-electron chi connectivity index (χ1n) is 13.1. The number of halogens is 7. The number of hydrogen-bond donors (Lipinski definition) is 0. The normalized spacial score (nSPS) is 14.0. The van der Waals surface area contributed by atoms with Gasteiger partial charge in [0.05, 0.1) is 36.3 Å². The monoisotopic (exact) mass is 638 g/mol. The minimum absolute atomic E-state index is 0.0313. The van der Waals surface area contributed by atoms with Crippen LogP contribution in [0, 0.1) is 5.82 Å². The number of carbonyl (C=O) groups is 2.